The first-order valence-electron chi connectivity index (χ1n) is 4.11. The molecule has 0 spiro atoms. The van der Waals surface area contributed by atoms with E-state index in [1.165, 1.54) is 0 Å². The Morgan fingerprint density at radius 1 is 1.38 bits per heavy atom. The summed E-state index contributed by atoms with van der Waals surface area (Å²) in [6.45, 7) is 4.66. The van der Waals surface area contributed by atoms with Crippen LogP contribution in [-0.4, -0.2) is 12.4 Å². The number of nitrogens with zero attached hydrogens (tertiary/aromatic N) is 1. The van der Waals surface area contributed by atoms with Gasteiger partial charge in [0.25, 0.3) is 0 Å². The molecule has 68 valence electrons. The van der Waals surface area contributed by atoms with Crippen LogP contribution in [0.3, 0.4) is 0 Å². The van der Waals surface area contributed by atoms with Crippen molar-refractivity contribution >= 4 is 5.84 Å². The Bertz CT molecular complexity index is 284. The molecular weight excluding hydrogens is 386 g/mol. The van der Waals surface area contributed by atoms with Crippen LogP contribution in [0.4, 0.5) is 0 Å². The molecule has 1 rings (SSSR count). The number of rotatable bonds is 2. The molecule has 2 nitrogen and oxygen atoms in total. The Hall–Kier alpha value is -0.258. The maximum absolute atomic E-state index is 9.51. The normalized spacial score (nSPS) is 8.77. The predicted molar refractivity (Wildman–Crippen MR) is 52.3 cm³/mol. The predicted octanol–water partition coefficient (Wildman–Crippen LogP) is 1.92. The smallest absolute Gasteiger partial charge is 0 e. The van der Waals surface area contributed by atoms with Gasteiger partial charge in [0.1, 0.15) is 0 Å². The zero-order valence-electron chi connectivity index (χ0n) is 7.96. The second kappa shape index (κ2) is 6.23. The molecule has 0 amide bonds. The number of hydrogen-bond donors (Lipinski definition) is 1. The largest absolute Gasteiger partial charge is 0.481 e. The van der Waals surface area contributed by atoms with Crippen LogP contribution in [0.5, 0.6) is 0 Å². The SMILES string of the molecule is CCNC(=[N-])c1ccccc1C.[U]. The molecule has 0 atom stereocenters. The molecule has 0 unspecified atom stereocenters. The molecule has 0 radical (unpaired) electrons. The molecule has 0 aliphatic carbocycles. The van der Waals surface area contributed by atoms with E-state index in [0.29, 0.717) is 0 Å². The Morgan fingerprint density at radius 3 is 2.54 bits per heavy atom. The first-order valence-corrected chi connectivity index (χ1v) is 4.11. The molecule has 0 aromatic heterocycles. The molecule has 0 aliphatic heterocycles. The number of hydrogen-bond acceptors (Lipinski definition) is 0. The molecule has 0 saturated carbocycles. The second-order valence-corrected chi connectivity index (χ2v) is 2.69. The zero-order valence-corrected chi connectivity index (χ0v) is 12.1. The van der Waals surface area contributed by atoms with Gasteiger partial charge in [-0.15, -0.1) is 0 Å². The van der Waals surface area contributed by atoms with Crippen molar-refractivity contribution in [3.05, 3.63) is 40.8 Å². The molecule has 0 heterocycles. The van der Waals surface area contributed by atoms with E-state index in [0.717, 1.165) is 17.7 Å². The van der Waals surface area contributed by atoms with Crippen molar-refractivity contribution in [3.63, 3.8) is 0 Å². The maximum Gasteiger partial charge on any atom is 0 e. The van der Waals surface area contributed by atoms with Gasteiger partial charge in [-0.25, -0.2) is 0 Å². The fourth-order valence-corrected chi connectivity index (χ4v) is 1.10. The minimum Gasteiger partial charge on any atom is -0.481 e. The molecule has 0 saturated heterocycles. The average molecular weight is 399 g/mol. The third-order valence-corrected chi connectivity index (χ3v) is 1.74. The molecular formula is C10H13N2U-. The number of nitrogens with one attached hydrogen (secondary N) is 1. The van der Waals surface area contributed by atoms with Gasteiger partial charge in [-0.3, -0.25) is 0 Å². The van der Waals surface area contributed by atoms with Gasteiger partial charge in [0, 0.05) is 31.1 Å². The summed E-state index contributed by atoms with van der Waals surface area (Å²) in [7, 11) is 0. The van der Waals surface area contributed by atoms with Crippen molar-refractivity contribution in [1.82, 2.24) is 5.32 Å². The maximum atomic E-state index is 9.51. The quantitative estimate of drug-likeness (QED) is 0.599. The van der Waals surface area contributed by atoms with Crippen LogP contribution in [0.25, 0.3) is 5.41 Å². The van der Waals surface area contributed by atoms with Crippen molar-refractivity contribution in [2.45, 2.75) is 13.8 Å². The van der Waals surface area contributed by atoms with Gasteiger partial charge in [0.2, 0.25) is 0 Å². The standard InChI is InChI=1S/C10H13N2.U/c1-3-12-10(11)9-7-5-4-6-8(9)2;/h4-7H,3H2,1-2H3,(H-,11,12);/q-1;. The Labute approximate surface area is 103 Å². The number of benzene rings is 1. The first-order chi connectivity index (χ1) is 5.75. The van der Waals surface area contributed by atoms with E-state index in [9.17, 15) is 5.41 Å². The van der Waals surface area contributed by atoms with E-state index < -0.39 is 0 Å². The summed E-state index contributed by atoms with van der Waals surface area (Å²) >= 11 is 0. The van der Waals surface area contributed by atoms with Gasteiger partial charge < -0.3 is 10.7 Å². The Kier molecular flexibility index (Phi) is 6.11. The van der Waals surface area contributed by atoms with Crippen molar-refractivity contribution < 1.29 is 31.1 Å². The minimum absolute atomic E-state index is 0. The monoisotopic (exact) mass is 399 g/mol. The summed E-state index contributed by atoms with van der Waals surface area (Å²) in [5.74, 6) is 0.260. The van der Waals surface area contributed by atoms with Gasteiger partial charge >= 0.3 is 0 Å². The topological polar surface area (TPSA) is 34.3 Å². The molecule has 0 aliphatic rings. The summed E-state index contributed by atoms with van der Waals surface area (Å²) < 4.78 is 0. The van der Waals surface area contributed by atoms with Crippen LogP contribution in [-0.2, 0) is 0 Å². The Morgan fingerprint density at radius 2 is 2.00 bits per heavy atom. The van der Waals surface area contributed by atoms with Crippen LogP contribution in [0.2, 0.25) is 0 Å². The van der Waals surface area contributed by atoms with E-state index in [2.05, 4.69) is 5.32 Å². The number of amidine groups is 1. The van der Waals surface area contributed by atoms with Gasteiger partial charge in [-0.1, -0.05) is 43.6 Å². The van der Waals surface area contributed by atoms with Gasteiger partial charge in [-0.2, -0.15) is 0 Å². The summed E-state index contributed by atoms with van der Waals surface area (Å²) in [5.41, 5.74) is 1.95. The minimum atomic E-state index is 0. The van der Waals surface area contributed by atoms with Crippen LogP contribution in [0.15, 0.2) is 24.3 Å². The van der Waals surface area contributed by atoms with Crippen molar-refractivity contribution in [1.29, 1.82) is 0 Å². The number of aryl methyl sites for hydroxylation is 1. The summed E-state index contributed by atoms with van der Waals surface area (Å²) in [6, 6.07) is 7.74. The van der Waals surface area contributed by atoms with Crippen molar-refractivity contribution in [2.24, 2.45) is 0 Å². The second-order valence-electron chi connectivity index (χ2n) is 2.69. The van der Waals surface area contributed by atoms with E-state index in [1.807, 2.05) is 38.1 Å². The summed E-state index contributed by atoms with van der Waals surface area (Å²) in [4.78, 5) is 0. The molecule has 3 heteroatoms. The molecule has 1 aromatic carbocycles. The van der Waals surface area contributed by atoms with E-state index in [1.54, 1.807) is 0 Å². The fourth-order valence-electron chi connectivity index (χ4n) is 1.10. The van der Waals surface area contributed by atoms with E-state index >= 15 is 0 Å². The van der Waals surface area contributed by atoms with Gasteiger partial charge in [0.15, 0.2) is 0 Å². The third kappa shape index (κ3) is 3.54. The van der Waals surface area contributed by atoms with Crippen LogP contribution < -0.4 is 5.32 Å². The van der Waals surface area contributed by atoms with E-state index in [4.69, 9.17) is 0 Å². The molecule has 1 N–H and O–H groups in total. The van der Waals surface area contributed by atoms with Crippen LogP contribution >= 0.6 is 0 Å². The van der Waals surface area contributed by atoms with Gasteiger partial charge in [0.05, 0.1) is 0 Å². The molecule has 13 heavy (non-hydrogen) atoms. The first kappa shape index (κ1) is 12.7. The fraction of sp³-hybridized carbons (Fsp3) is 0.300. The van der Waals surface area contributed by atoms with E-state index in [-0.39, 0.29) is 36.9 Å². The molecule has 1 aromatic rings. The zero-order chi connectivity index (χ0) is 8.97. The third-order valence-electron chi connectivity index (χ3n) is 1.74. The van der Waals surface area contributed by atoms with Crippen LogP contribution in [0, 0.1) is 38.0 Å². The summed E-state index contributed by atoms with van der Waals surface area (Å²) in [5, 5.41) is 12.4. The Balaban J connectivity index is 0.00000144. The molecule has 0 bridgehead atoms. The average Bonchev–Trinajstić information content (AvgIpc) is 2.05. The van der Waals surface area contributed by atoms with Gasteiger partial charge in [-0.05, 0) is 18.1 Å². The van der Waals surface area contributed by atoms with Crippen molar-refractivity contribution in [3.8, 4) is 0 Å². The molecule has 0 fully saturated rings. The summed E-state index contributed by atoms with van der Waals surface area (Å²) in [6.07, 6.45) is 0. The van der Waals surface area contributed by atoms with Crippen LogP contribution in [0.1, 0.15) is 18.1 Å². The van der Waals surface area contributed by atoms with Crippen molar-refractivity contribution in [2.75, 3.05) is 6.54 Å².